The van der Waals surface area contributed by atoms with E-state index in [1.165, 1.54) is 6.07 Å². The second-order valence-electron chi connectivity index (χ2n) is 3.86. The molecule has 1 aromatic rings. The van der Waals surface area contributed by atoms with Crippen molar-refractivity contribution in [3.8, 4) is 0 Å². The van der Waals surface area contributed by atoms with E-state index >= 15 is 0 Å². The number of nitrogen functional groups attached to an aromatic ring is 1. The van der Waals surface area contributed by atoms with Crippen molar-refractivity contribution in [2.45, 2.75) is 24.4 Å². The molecule has 18 heavy (non-hydrogen) atoms. The van der Waals surface area contributed by atoms with Gasteiger partial charge < -0.3 is 20.7 Å². The van der Waals surface area contributed by atoms with Gasteiger partial charge in [-0.15, -0.1) is 0 Å². The summed E-state index contributed by atoms with van der Waals surface area (Å²) in [6.45, 7) is -0.974. The standard InChI is InChI=1S/C9H11F2N3O4/c10-9(11)4(3-15)18-7(6(9)16)14-2-1-5(12)13-8(14)17/h1-2,4,6-7,15-16H,3H2,(H2,12,13,17)/t4-,6+,7-/m0/s1. The summed E-state index contributed by atoms with van der Waals surface area (Å²) in [5, 5.41) is 18.2. The molecule has 1 aliphatic rings. The van der Waals surface area contributed by atoms with Crippen LogP contribution in [0.3, 0.4) is 0 Å². The fourth-order valence-electron chi connectivity index (χ4n) is 1.72. The molecule has 0 aromatic carbocycles. The van der Waals surface area contributed by atoms with Crippen molar-refractivity contribution in [1.82, 2.24) is 9.55 Å². The normalized spacial score (nSPS) is 30.6. The molecule has 7 nitrogen and oxygen atoms in total. The Balaban J connectivity index is 2.38. The van der Waals surface area contributed by atoms with E-state index in [1.54, 1.807) is 0 Å². The average molecular weight is 263 g/mol. The Kier molecular flexibility index (Phi) is 3.05. The zero-order chi connectivity index (χ0) is 13.5. The summed E-state index contributed by atoms with van der Waals surface area (Å²) >= 11 is 0. The number of aliphatic hydroxyl groups excluding tert-OH is 2. The lowest BCUT2D eigenvalue weighted by Gasteiger charge is -2.18. The van der Waals surface area contributed by atoms with Crippen molar-refractivity contribution >= 4 is 5.82 Å². The van der Waals surface area contributed by atoms with Gasteiger partial charge in [-0.2, -0.15) is 4.98 Å². The van der Waals surface area contributed by atoms with E-state index in [1.807, 2.05) is 0 Å². The average Bonchev–Trinajstić information content (AvgIpc) is 2.52. The summed E-state index contributed by atoms with van der Waals surface area (Å²) in [7, 11) is 0. The largest absolute Gasteiger partial charge is 0.393 e. The number of hydrogen-bond acceptors (Lipinski definition) is 6. The molecule has 0 bridgehead atoms. The maximum Gasteiger partial charge on any atom is 0.351 e. The van der Waals surface area contributed by atoms with Gasteiger partial charge in [-0.1, -0.05) is 0 Å². The SMILES string of the molecule is Nc1ccn([C@H]2O[C@@H](CO)C(F)(F)[C@@H]2O)c(=O)n1. The molecule has 0 amide bonds. The Morgan fingerprint density at radius 3 is 2.78 bits per heavy atom. The van der Waals surface area contributed by atoms with Crippen molar-refractivity contribution in [3.63, 3.8) is 0 Å². The van der Waals surface area contributed by atoms with Crippen molar-refractivity contribution in [2.24, 2.45) is 0 Å². The maximum absolute atomic E-state index is 13.5. The Hall–Kier alpha value is -1.58. The summed E-state index contributed by atoms with van der Waals surface area (Å²) in [5.41, 5.74) is 4.33. The highest BCUT2D eigenvalue weighted by Gasteiger charge is 2.59. The summed E-state index contributed by atoms with van der Waals surface area (Å²) in [5.74, 6) is -3.73. The topological polar surface area (TPSA) is 111 Å². The second kappa shape index (κ2) is 4.26. The van der Waals surface area contributed by atoms with Crippen LogP contribution in [0, 0.1) is 0 Å². The fraction of sp³-hybridized carbons (Fsp3) is 0.556. The highest BCUT2D eigenvalue weighted by molar-refractivity contribution is 5.23. The van der Waals surface area contributed by atoms with E-state index in [-0.39, 0.29) is 5.82 Å². The molecule has 2 rings (SSSR count). The zero-order valence-corrected chi connectivity index (χ0v) is 9.03. The minimum Gasteiger partial charge on any atom is -0.393 e. The van der Waals surface area contributed by atoms with Gasteiger partial charge in [0.15, 0.2) is 12.3 Å². The lowest BCUT2D eigenvalue weighted by Crippen LogP contribution is -2.41. The predicted octanol–water partition coefficient (Wildman–Crippen LogP) is -1.29. The van der Waals surface area contributed by atoms with Crippen LogP contribution in [0.1, 0.15) is 6.23 Å². The second-order valence-corrected chi connectivity index (χ2v) is 3.86. The quantitative estimate of drug-likeness (QED) is 0.612. The molecule has 4 N–H and O–H groups in total. The third-order valence-electron chi connectivity index (χ3n) is 2.69. The molecule has 100 valence electrons. The Labute approximate surface area is 99.4 Å². The number of alkyl halides is 2. The molecule has 2 heterocycles. The molecule has 1 aliphatic heterocycles. The van der Waals surface area contributed by atoms with Crippen LogP contribution in [-0.4, -0.2) is 44.5 Å². The number of rotatable bonds is 2. The summed E-state index contributed by atoms with van der Waals surface area (Å²) in [6.07, 6.45) is -4.65. The summed E-state index contributed by atoms with van der Waals surface area (Å²) in [4.78, 5) is 14.8. The molecule has 0 spiro atoms. The van der Waals surface area contributed by atoms with Gasteiger partial charge in [0.1, 0.15) is 11.9 Å². The lowest BCUT2D eigenvalue weighted by atomic mass is 10.1. The van der Waals surface area contributed by atoms with Crippen molar-refractivity contribution < 1.29 is 23.7 Å². The molecule has 1 fully saturated rings. The lowest BCUT2D eigenvalue weighted by molar-refractivity contribution is -0.123. The summed E-state index contributed by atoms with van der Waals surface area (Å²) in [6, 6.07) is 1.21. The number of aromatic nitrogens is 2. The Bertz CT molecular complexity index is 507. The van der Waals surface area contributed by atoms with Crippen LogP contribution in [0.15, 0.2) is 17.1 Å². The Morgan fingerprint density at radius 1 is 1.61 bits per heavy atom. The van der Waals surface area contributed by atoms with Gasteiger partial charge in [-0.05, 0) is 6.07 Å². The molecule has 0 saturated carbocycles. The number of ether oxygens (including phenoxy) is 1. The first-order valence-corrected chi connectivity index (χ1v) is 5.04. The highest BCUT2D eigenvalue weighted by Crippen LogP contribution is 2.40. The molecular weight excluding hydrogens is 252 g/mol. The first-order chi connectivity index (χ1) is 8.37. The van der Waals surface area contributed by atoms with E-state index in [0.717, 1.165) is 6.20 Å². The number of halogens is 2. The minimum atomic E-state index is -3.65. The monoisotopic (exact) mass is 263 g/mol. The van der Waals surface area contributed by atoms with Gasteiger partial charge in [0.2, 0.25) is 0 Å². The molecule has 1 aromatic heterocycles. The smallest absolute Gasteiger partial charge is 0.351 e. The van der Waals surface area contributed by atoms with Crippen molar-refractivity contribution in [3.05, 3.63) is 22.7 Å². The van der Waals surface area contributed by atoms with E-state index < -0.39 is 36.7 Å². The summed E-state index contributed by atoms with van der Waals surface area (Å²) < 4.78 is 32.4. The van der Waals surface area contributed by atoms with Crippen LogP contribution in [0.4, 0.5) is 14.6 Å². The minimum absolute atomic E-state index is 0.0748. The van der Waals surface area contributed by atoms with E-state index in [2.05, 4.69) is 4.98 Å². The molecule has 3 atom stereocenters. The van der Waals surface area contributed by atoms with Gasteiger partial charge in [-0.25, -0.2) is 13.6 Å². The van der Waals surface area contributed by atoms with Crippen LogP contribution >= 0.6 is 0 Å². The molecule has 0 unspecified atom stereocenters. The molecule has 1 saturated heterocycles. The van der Waals surface area contributed by atoms with E-state index in [9.17, 15) is 18.7 Å². The first kappa shape index (κ1) is 12.9. The van der Waals surface area contributed by atoms with Gasteiger partial charge in [-0.3, -0.25) is 4.57 Å². The third-order valence-corrected chi connectivity index (χ3v) is 2.69. The number of nitrogens with two attached hydrogens (primary N) is 1. The fourth-order valence-corrected chi connectivity index (χ4v) is 1.72. The van der Waals surface area contributed by atoms with Crippen LogP contribution in [0.5, 0.6) is 0 Å². The van der Waals surface area contributed by atoms with Crippen LogP contribution < -0.4 is 11.4 Å². The zero-order valence-electron chi connectivity index (χ0n) is 9.03. The Morgan fingerprint density at radius 2 is 2.28 bits per heavy atom. The van der Waals surface area contributed by atoms with Gasteiger partial charge >= 0.3 is 11.6 Å². The van der Waals surface area contributed by atoms with E-state index in [4.69, 9.17) is 15.6 Å². The van der Waals surface area contributed by atoms with Crippen LogP contribution in [-0.2, 0) is 4.74 Å². The molecule has 0 aliphatic carbocycles. The molecular formula is C9H11F2N3O4. The highest BCUT2D eigenvalue weighted by atomic mass is 19.3. The molecule has 0 radical (unpaired) electrons. The van der Waals surface area contributed by atoms with Gasteiger partial charge in [0.05, 0.1) is 6.61 Å². The van der Waals surface area contributed by atoms with Crippen molar-refractivity contribution in [1.29, 1.82) is 0 Å². The first-order valence-electron chi connectivity index (χ1n) is 5.04. The molecule has 9 heteroatoms. The number of anilines is 1. The predicted molar refractivity (Wildman–Crippen MR) is 54.9 cm³/mol. The third kappa shape index (κ3) is 1.85. The maximum atomic E-state index is 13.5. The van der Waals surface area contributed by atoms with Crippen LogP contribution in [0.2, 0.25) is 0 Å². The number of nitrogens with zero attached hydrogens (tertiary/aromatic N) is 2. The number of aliphatic hydroxyl groups is 2. The van der Waals surface area contributed by atoms with E-state index in [0.29, 0.717) is 4.57 Å². The van der Waals surface area contributed by atoms with Gasteiger partial charge in [0, 0.05) is 6.20 Å². The van der Waals surface area contributed by atoms with Gasteiger partial charge in [0.25, 0.3) is 0 Å². The van der Waals surface area contributed by atoms with Crippen LogP contribution in [0.25, 0.3) is 0 Å². The number of hydrogen-bond donors (Lipinski definition) is 3. The van der Waals surface area contributed by atoms with Crippen molar-refractivity contribution in [2.75, 3.05) is 12.3 Å².